The van der Waals surface area contributed by atoms with Gasteiger partial charge in [0.15, 0.2) is 0 Å². The first-order valence-corrected chi connectivity index (χ1v) is 6.64. The second-order valence-electron chi connectivity index (χ2n) is 5.65. The Morgan fingerprint density at radius 3 is 2.90 bits per heavy atom. The van der Waals surface area contributed by atoms with Crippen LogP contribution in [0.25, 0.3) is 0 Å². The van der Waals surface area contributed by atoms with Crippen molar-refractivity contribution >= 4 is 5.69 Å². The number of morpholine rings is 1. The van der Waals surface area contributed by atoms with Crippen molar-refractivity contribution in [2.45, 2.75) is 32.5 Å². The van der Waals surface area contributed by atoms with Crippen LogP contribution in [0.3, 0.4) is 0 Å². The van der Waals surface area contributed by atoms with Crippen LogP contribution in [0, 0.1) is 17.0 Å². The molecule has 0 bridgehead atoms. The number of hydrogen-bond donors (Lipinski definition) is 1. The van der Waals surface area contributed by atoms with Crippen LogP contribution in [0.4, 0.5) is 5.69 Å². The highest BCUT2D eigenvalue weighted by atomic mass is 16.6. The molecule has 6 nitrogen and oxygen atoms in total. The van der Waals surface area contributed by atoms with Gasteiger partial charge in [-0.1, -0.05) is 0 Å². The Morgan fingerprint density at radius 2 is 2.30 bits per heavy atom. The standard InChI is InChI=1S/C14H20N2O4/c1-10-6-11(4-5-13(10)16(17)18)19-8-12-7-15-9-14(2,3)20-12/h4-6,12,15H,7-9H2,1-3H3. The van der Waals surface area contributed by atoms with E-state index in [1.165, 1.54) is 6.07 Å². The third-order valence-corrected chi connectivity index (χ3v) is 3.21. The predicted octanol–water partition coefficient (Wildman–Crippen LogP) is 2.05. The first-order valence-electron chi connectivity index (χ1n) is 6.64. The molecule has 1 unspecified atom stereocenters. The average Bonchev–Trinajstić information content (AvgIpc) is 2.35. The van der Waals surface area contributed by atoms with Crippen molar-refractivity contribution in [3.05, 3.63) is 33.9 Å². The van der Waals surface area contributed by atoms with Crippen LogP contribution in [-0.4, -0.2) is 36.3 Å². The molecule has 0 radical (unpaired) electrons. The molecule has 1 aromatic carbocycles. The van der Waals surface area contributed by atoms with Gasteiger partial charge in [0.2, 0.25) is 0 Å². The van der Waals surface area contributed by atoms with E-state index >= 15 is 0 Å². The first-order chi connectivity index (χ1) is 9.37. The predicted molar refractivity (Wildman–Crippen MR) is 75.2 cm³/mol. The van der Waals surface area contributed by atoms with Crippen LogP contribution in [-0.2, 0) is 4.74 Å². The number of ether oxygens (including phenoxy) is 2. The van der Waals surface area contributed by atoms with Gasteiger partial charge in [-0.25, -0.2) is 0 Å². The van der Waals surface area contributed by atoms with E-state index in [9.17, 15) is 10.1 Å². The molecule has 1 aliphatic rings. The van der Waals surface area contributed by atoms with E-state index in [1.807, 2.05) is 13.8 Å². The highest BCUT2D eigenvalue weighted by Crippen LogP contribution is 2.23. The van der Waals surface area contributed by atoms with Crippen molar-refractivity contribution < 1.29 is 14.4 Å². The van der Waals surface area contributed by atoms with Crippen LogP contribution in [0.5, 0.6) is 5.75 Å². The smallest absolute Gasteiger partial charge is 0.272 e. The summed E-state index contributed by atoms with van der Waals surface area (Å²) < 4.78 is 11.6. The molecule has 2 rings (SSSR count). The molecule has 20 heavy (non-hydrogen) atoms. The van der Waals surface area contributed by atoms with Gasteiger partial charge in [-0.05, 0) is 32.9 Å². The topological polar surface area (TPSA) is 73.6 Å². The van der Waals surface area contributed by atoms with Gasteiger partial charge in [0.05, 0.1) is 10.5 Å². The summed E-state index contributed by atoms with van der Waals surface area (Å²) in [4.78, 5) is 10.4. The Balaban J connectivity index is 1.94. The van der Waals surface area contributed by atoms with Crippen molar-refractivity contribution in [1.82, 2.24) is 5.32 Å². The summed E-state index contributed by atoms with van der Waals surface area (Å²) >= 11 is 0. The zero-order valence-corrected chi connectivity index (χ0v) is 12.0. The van der Waals surface area contributed by atoms with Crippen LogP contribution < -0.4 is 10.1 Å². The second kappa shape index (κ2) is 5.76. The molecule has 0 spiro atoms. The fraction of sp³-hybridized carbons (Fsp3) is 0.571. The minimum atomic E-state index is -0.393. The first kappa shape index (κ1) is 14.7. The van der Waals surface area contributed by atoms with E-state index < -0.39 is 4.92 Å². The molecule has 6 heteroatoms. The van der Waals surface area contributed by atoms with Crippen molar-refractivity contribution in [3.63, 3.8) is 0 Å². The molecule has 1 aliphatic heterocycles. The van der Waals surface area contributed by atoms with Crippen molar-refractivity contribution in [3.8, 4) is 5.75 Å². The summed E-state index contributed by atoms with van der Waals surface area (Å²) in [6, 6.07) is 4.76. The number of nitrogens with zero attached hydrogens (tertiary/aromatic N) is 1. The molecular formula is C14H20N2O4. The summed E-state index contributed by atoms with van der Waals surface area (Å²) in [6.07, 6.45) is -0.0192. The number of rotatable bonds is 4. The SMILES string of the molecule is Cc1cc(OCC2CNCC(C)(C)O2)ccc1[N+](=O)[O-]. The maximum Gasteiger partial charge on any atom is 0.272 e. The Hall–Kier alpha value is -1.66. The molecule has 110 valence electrons. The van der Waals surface area contributed by atoms with E-state index in [1.54, 1.807) is 19.1 Å². The zero-order chi connectivity index (χ0) is 14.8. The van der Waals surface area contributed by atoms with E-state index in [0.29, 0.717) is 17.9 Å². The Bertz CT molecular complexity index is 502. The average molecular weight is 280 g/mol. The maximum atomic E-state index is 10.7. The van der Waals surface area contributed by atoms with Gasteiger partial charge < -0.3 is 14.8 Å². The van der Waals surface area contributed by atoms with E-state index in [0.717, 1.165) is 13.1 Å². The normalized spacial score (nSPS) is 21.4. The molecule has 0 saturated carbocycles. The summed E-state index contributed by atoms with van der Waals surface area (Å²) in [5.41, 5.74) is 0.502. The van der Waals surface area contributed by atoms with Gasteiger partial charge >= 0.3 is 0 Å². The summed E-state index contributed by atoms with van der Waals surface area (Å²) in [6.45, 7) is 7.75. The fourth-order valence-electron chi connectivity index (χ4n) is 2.27. The van der Waals surface area contributed by atoms with Crippen LogP contribution in [0.1, 0.15) is 19.4 Å². The highest BCUT2D eigenvalue weighted by molar-refractivity contribution is 5.44. The minimum Gasteiger partial charge on any atom is -0.491 e. The largest absolute Gasteiger partial charge is 0.491 e. The van der Waals surface area contributed by atoms with Crippen LogP contribution >= 0.6 is 0 Å². The number of nitrogens with one attached hydrogen (secondary N) is 1. The van der Waals surface area contributed by atoms with Gasteiger partial charge in [0.1, 0.15) is 18.5 Å². The van der Waals surface area contributed by atoms with Gasteiger partial charge in [-0.2, -0.15) is 0 Å². The molecule has 0 aliphatic carbocycles. The van der Waals surface area contributed by atoms with Gasteiger partial charge in [-0.3, -0.25) is 10.1 Å². The lowest BCUT2D eigenvalue weighted by Crippen LogP contribution is -2.52. The van der Waals surface area contributed by atoms with E-state index in [4.69, 9.17) is 9.47 Å². The third-order valence-electron chi connectivity index (χ3n) is 3.21. The second-order valence-corrected chi connectivity index (χ2v) is 5.65. The monoisotopic (exact) mass is 280 g/mol. The fourth-order valence-corrected chi connectivity index (χ4v) is 2.27. The molecular weight excluding hydrogens is 260 g/mol. The quantitative estimate of drug-likeness (QED) is 0.675. The van der Waals surface area contributed by atoms with Gasteiger partial charge in [-0.15, -0.1) is 0 Å². The summed E-state index contributed by atoms with van der Waals surface area (Å²) in [5.74, 6) is 0.625. The highest BCUT2D eigenvalue weighted by Gasteiger charge is 2.28. The number of nitro groups is 1. The lowest BCUT2D eigenvalue weighted by Gasteiger charge is -2.36. The van der Waals surface area contributed by atoms with Gasteiger partial charge in [0.25, 0.3) is 5.69 Å². The van der Waals surface area contributed by atoms with Crippen molar-refractivity contribution in [2.75, 3.05) is 19.7 Å². The number of benzene rings is 1. The van der Waals surface area contributed by atoms with Crippen LogP contribution in [0.15, 0.2) is 18.2 Å². The molecule has 1 saturated heterocycles. The Labute approximate surface area is 118 Å². The number of hydrogen-bond acceptors (Lipinski definition) is 5. The Kier molecular flexibility index (Phi) is 4.25. The van der Waals surface area contributed by atoms with Gasteiger partial charge in [0, 0.05) is 24.7 Å². The molecule has 0 amide bonds. The summed E-state index contributed by atoms with van der Waals surface area (Å²) in [5, 5.41) is 14.0. The molecule has 1 fully saturated rings. The lowest BCUT2D eigenvalue weighted by atomic mass is 10.1. The molecule has 1 N–H and O–H groups in total. The number of aryl methyl sites for hydroxylation is 1. The minimum absolute atomic E-state index is 0.0192. The van der Waals surface area contributed by atoms with Crippen LogP contribution in [0.2, 0.25) is 0 Å². The molecule has 1 heterocycles. The van der Waals surface area contributed by atoms with E-state index in [-0.39, 0.29) is 17.4 Å². The Morgan fingerprint density at radius 1 is 1.55 bits per heavy atom. The van der Waals surface area contributed by atoms with Crippen molar-refractivity contribution in [1.29, 1.82) is 0 Å². The lowest BCUT2D eigenvalue weighted by molar-refractivity contribution is -0.385. The molecule has 1 atom stereocenters. The zero-order valence-electron chi connectivity index (χ0n) is 12.0. The molecule has 1 aromatic rings. The van der Waals surface area contributed by atoms with Crippen molar-refractivity contribution in [2.24, 2.45) is 0 Å². The van der Waals surface area contributed by atoms with E-state index in [2.05, 4.69) is 5.32 Å². The molecule has 0 aromatic heterocycles. The third kappa shape index (κ3) is 3.68. The number of nitro benzene ring substituents is 1. The maximum absolute atomic E-state index is 10.7. The summed E-state index contributed by atoms with van der Waals surface area (Å²) in [7, 11) is 0.